The smallest absolute Gasteiger partial charge is 0.337 e. The molecule has 5 fully saturated rings. The number of piperazine rings is 1. The van der Waals surface area contributed by atoms with Crippen LogP contribution in [0.2, 0.25) is 0 Å². The van der Waals surface area contributed by atoms with E-state index in [0.717, 1.165) is 63.2 Å². The minimum Gasteiger partial charge on any atom is -0.465 e. The highest BCUT2D eigenvalue weighted by Gasteiger charge is 2.55. The van der Waals surface area contributed by atoms with E-state index in [2.05, 4.69) is 19.8 Å². The standard InChI is InChI=1S/C26H32N4O4/c1-34-24(32)19-2-3-20-21(11-19)27-22(28-23(20)31)15-29-4-6-30(7-5-29)25(33)26-12-16-8-17(13-26)10-18(9-16)14-26/h2-3,11,16-18H,4-10,12-15H2,1H3,(H,27,28,31). The van der Waals surface area contributed by atoms with Crippen LogP contribution in [0.25, 0.3) is 10.9 Å². The fourth-order valence-corrected chi connectivity index (χ4v) is 7.54. The number of carbonyl (C=O) groups is 2. The highest BCUT2D eigenvalue weighted by atomic mass is 16.5. The van der Waals surface area contributed by atoms with E-state index < -0.39 is 5.97 Å². The third kappa shape index (κ3) is 3.72. The van der Waals surface area contributed by atoms with Crippen molar-refractivity contribution in [2.75, 3.05) is 33.3 Å². The van der Waals surface area contributed by atoms with E-state index in [-0.39, 0.29) is 11.0 Å². The topological polar surface area (TPSA) is 95.6 Å². The Hall–Kier alpha value is -2.74. The predicted octanol–water partition coefficient (Wildman–Crippen LogP) is 2.57. The second-order valence-electron chi connectivity index (χ2n) is 11.0. The van der Waals surface area contributed by atoms with Gasteiger partial charge in [0.05, 0.1) is 35.5 Å². The number of ether oxygens (including phenoxy) is 1. The number of carbonyl (C=O) groups excluding carboxylic acids is 2. The van der Waals surface area contributed by atoms with Gasteiger partial charge in [-0.15, -0.1) is 0 Å². The highest BCUT2D eigenvalue weighted by molar-refractivity contribution is 5.94. The molecular formula is C26H32N4O4. The van der Waals surface area contributed by atoms with Crippen LogP contribution in [0.15, 0.2) is 23.0 Å². The summed E-state index contributed by atoms with van der Waals surface area (Å²) in [6.07, 6.45) is 7.35. The first-order chi connectivity index (χ1) is 16.4. The van der Waals surface area contributed by atoms with Crippen LogP contribution in [0.3, 0.4) is 0 Å². The van der Waals surface area contributed by atoms with Crippen LogP contribution in [0, 0.1) is 23.2 Å². The van der Waals surface area contributed by atoms with E-state index in [0.29, 0.717) is 34.7 Å². The molecule has 1 aliphatic heterocycles. The summed E-state index contributed by atoms with van der Waals surface area (Å²) in [7, 11) is 1.33. The van der Waals surface area contributed by atoms with Crippen molar-refractivity contribution in [3.05, 3.63) is 39.9 Å². The quantitative estimate of drug-likeness (QED) is 0.699. The van der Waals surface area contributed by atoms with Gasteiger partial charge in [0.1, 0.15) is 5.82 Å². The second-order valence-corrected chi connectivity index (χ2v) is 11.0. The molecule has 2 aromatic rings. The van der Waals surface area contributed by atoms with Gasteiger partial charge in [0.25, 0.3) is 5.56 Å². The van der Waals surface area contributed by atoms with Crippen LogP contribution < -0.4 is 5.56 Å². The van der Waals surface area contributed by atoms with Gasteiger partial charge >= 0.3 is 5.97 Å². The summed E-state index contributed by atoms with van der Waals surface area (Å²) in [6.45, 7) is 3.49. The van der Waals surface area contributed by atoms with Gasteiger partial charge in [0.2, 0.25) is 5.91 Å². The maximum absolute atomic E-state index is 13.6. The number of hydrogen-bond donors (Lipinski definition) is 1. The lowest BCUT2D eigenvalue weighted by molar-refractivity contribution is -0.159. The van der Waals surface area contributed by atoms with Crippen molar-refractivity contribution in [3.63, 3.8) is 0 Å². The van der Waals surface area contributed by atoms with Gasteiger partial charge in [-0.1, -0.05) is 0 Å². The number of aromatic nitrogens is 2. The molecule has 8 nitrogen and oxygen atoms in total. The van der Waals surface area contributed by atoms with Gasteiger partial charge in [-0.3, -0.25) is 14.5 Å². The Bertz CT molecular complexity index is 1160. The van der Waals surface area contributed by atoms with Gasteiger partial charge in [-0.25, -0.2) is 9.78 Å². The monoisotopic (exact) mass is 464 g/mol. The molecule has 34 heavy (non-hydrogen) atoms. The highest BCUT2D eigenvalue weighted by Crippen LogP contribution is 2.60. The van der Waals surface area contributed by atoms with E-state index in [4.69, 9.17) is 4.74 Å². The lowest BCUT2D eigenvalue weighted by Gasteiger charge is -2.57. The molecule has 0 atom stereocenters. The van der Waals surface area contributed by atoms with Crippen molar-refractivity contribution >= 4 is 22.8 Å². The number of H-pyrrole nitrogens is 1. The molecular weight excluding hydrogens is 432 g/mol. The Kier molecular flexibility index (Phi) is 5.24. The van der Waals surface area contributed by atoms with Crippen molar-refractivity contribution in [2.45, 2.75) is 45.1 Å². The Morgan fingerprint density at radius 2 is 1.71 bits per heavy atom. The Balaban J connectivity index is 1.12. The first-order valence-corrected chi connectivity index (χ1v) is 12.6. The fraction of sp³-hybridized carbons (Fsp3) is 0.615. The molecule has 1 saturated heterocycles. The number of nitrogens with one attached hydrogen (secondary N) is 1. The lowest BCUT2D eigenvalue weighted by atomic mass is 9.49. The Labute approximate surface area is 198 Å². The summed E-state index contributed by atoms with van der Waals surface area (Å²) in [6, 6.07) is 4.78. The number of rotatable bonds is 4. The normalized spacial score (nSPS) is 30.6. The number of aromatic amines is 1. The molecule has 1 aromatic carbocycles. The molecule has 1 aromatic heterocycles. The first kappa shape index (κ1) is 21.8. The fourth-order valence-electron chi connectivity index (χ4n) is 7.54. The first-order valence-electron chi connectivity index (χ1n) is 12.6. The molecule has 4 saturated carbocycles. The Morgan fingerprint density at radius 3 is 2.32 bits per heavy atom. The van der Waals surface area contributed by atoms with Gasteiger partial charge in [-0.2, -0.15) is 0 Å². The minimum atomic E-state index is -0.453. The maximum Gasteiger partial charge on any atom is 0.337 e. The van der Waals surface area contributed by atoms with E-state index >= 15 is 0 Å². The number of benzene rings is 1. The van der Waals surface area contributed by atoms with Crippen LogP contribution in [0.4, 0.5) is 0 Å². The van der Waals surface area contributed by atoms with Crippen LogP contribution >= 0.6 is 0 Å². The average Bonchev–Trinajstić information content (AvgIpc) is 2.82. The zero-order chi connectivity index (χ0) is 23.4. The minimum absolute atomic E-state index is 0.0839. The Morgan fingerprint density at radius 1 is 1.06 bits per heavy atom. The molecule has 0 unspecified atom stereocenters. The van der Waals surface area contributed by atoms with E-state index in [9.17, 15) is 14.4 Å². The number of methoxy groups -OCH3 is 1. The molecule has 7 rings (SSSR count). The molecule has 0 spiro atoms. The average molecular weight is 465 g/mol. The second kappa shape index (κ2) is 8.18. The lowest BCUT2D eigenvalue weighted by Crippen LogP contribution is -2.58. The van der Waals surface area contributed by atoms with Crippen LogP contribution in [0.5, 0.6) is 0 Å². The molecule has 0 radical (unpaired) electrons. The molecule has 4 bridgehead atoms. The number of nitrogens with zero attached hydrogens (tertiary/aromatic N) is 3. The molecule has 8 heteroatoms. The predicted molar refractivity (Wildman–Crippen MR) is 126 cm³/mol. The van der Waals surface area contributed by atoms with Crippen LogP contribution in [0.1, 0.15) is 54.7 Å². The van der Waals surface area contributed by atoms with Crippen molar-refractivity contribution in [2.24, 2.45) is 23.2 Å². The summed E-state index contributed by atoms with van der Waals surface area (Å²) >= 11 is 0. The van der Waals surface area contributed by atoms with Gasteiger partial charge in [-0.05, 0) is 74.5 Å². The molecule has 180 valence electrons. The SMILES string of the molecule is COC(=O)c1ccc2c(=O)[nH]c(CN3CCN(C(=O)C45CC6CC(CC(C6)C4)C5)CC3)nc2c1. The van der Waals surface area contributed by atoms with Crippen molar-refractivity contribution < 1.29 is 14.3 Å². The number of esters is 1. The summed E-state index contributed by atoms with van der Waals surface area (Å²) < 4.78 is 4.78. The number of amides is 1. The van der Waals surface area contributed by atoms with Crippen molar-refractivity contribution in [3.8, 4) is 0 Å². The van der Waals surface area contributed by atoms with Gasteiger partial charge < -0.3 is 14.6 Å². The number of hydrogen-bond acceptors (Lipinski definition) is 6. The zero-order valence-electron chi connectivity index (χ0n) is 19.7. The molecule has 4 aliphatic carbocycles. The largest absolute Gasteiger partial charge is 0.465 e. The van der Waals surface area contributed by atoms with Crippen molar-refractivity contribution in [1.29, 1.82) is 0 Å². The summed E-state index contributed by atoms with van der Waals surface area (Å²) in [5, 5.41) is 0.447. The molecule has 1 N–H and O–H groups in total. The van der Waals surface area contributed by atoms with Gasteiger partial charge in [0.15, 0.2) is 0 Å². The maximum atomic E-state index is 13.6. The summed E-state index contributed by atoms with van der Waals surface area (Å²) in [4.78, 5) is 49.9. The van der Waals surface area contributed by atoms with E-state index in [1.165, 1.54) is 26.4 Å². The van der Waals surface area contributed by atoms with E-state index in [1.54, 1.807) is 18.2 Å². The van der Waals surface area contributed by atoms with Crippen LogP contribution in [-0.2, 0) is 16.1 Å². The zero-order valence-corrected chi connectivity index (χ0v) is 19.7. The van der Waals surface area contributed by atoms with Crippen LogP contribution in [-0.4, -0.2) is 64.9 Å². The van der Waals surface area contributed by atoms with E-state index in [1.807, 2.05) is 0 Å². The summed E-state index contributed by atoms with van der Waals surface area (Å²) in [5.41, 5.74) is 0.555. The molecule has 2 heterocycles. The molecule has 1 amide bonds. The van der Waals surface area contributed by atoms with Gasteiger partial charge in [0, 0.05) is 26.2 Å². The molecule has 5 aliphatic rings. The third-order valence-electron chi connectivity index (χ3n) is 8.70. The third-order valence-corrected chi connectivity index (χ3v) is 8.70. The van der Waals surface area contributed by atoms with Crippen molar-refractivity contribution in [1.82, 2.24) is 19.8 Å². The number of fused-ring (bicyclic) bond motifs is 1. The summed E-state index contributed by atoms with van der Waals surface area (Å²) in [5.74, 6) is 2.83.